The van der Waals surface area contributed by atoms with Gasteiger partial charge in [-0.3, -0.25) is 9.59 Å². The number of carboxylic acid groups (broad SMARTS) is 1. The lowest BCUT2D eigenvalue weighted by Gasteiger charge is -2.32. The Morgan fingerprint density at radius 1 is 1.17 bits per heavy atom. The smallest absolute Gasteiger partial charge is 0.311 e. The summed E-state index contributed by atoms with van der Waals surface area (Å²) in [7, 11) is 0. The lowest BCUT2D eigenvalue weighted by Crippen LogP contribution is -2.44. The average molecular weight is 328 g/mol. The average Bonchev–Trinajstić information content (AvgIpc) is 3.11. The molecule has 7 nitrogen and oxygen atoms in total. The highest BCUT2D eigenvalue weighted by Crippen LogP contribution is 2.36. The molecule has 1 heterocycles. The van der Waals surface area contributed by atoms with Crippen molar-refractivity contribution in [3.05, 3.63) is 42.5 Å². The Balaban J connectivity index is 1.67. The molecule has 0 unspecified atom stereocenters. The van der Waals surface area contributed by atoms with Crippen LogP contribution in [0.25, 0.3) is 5.69 Å². The normalized spacial score (nSPS) is 16.5. The van der Waals surface area contributed by atoms with E-state index in [9.17, 15) is 14.7 Å². The fourth-order valence-corrected chi connectivity index (χ4v) is 3.10. The van der Waals surface area contributed by atoms with Gasteiger partial charge < -0.3 is 10.4 Å². The van der Waals surface area contributed by atoms with Gasteiger partial charge in [-0.2, -0.15) is 0 Å². The molecule has 0 aliphatic heterocycles. The summed E-state index contributed by atoms with van der Waals surface area (Å²) >= 11 is 0. The quantitative estimate of drug-likeness (QED) is 0.875. The third kappa shape index (κ3) is 3.29. The Morgan fingerprint density at radius 2 is 1.88 bits per heavy atom. The molecule has 1 saturated carbocycles. The summed E-state index contributed by atoms with van der Waals surface area (Å²) in [4.78, 5) is 27.9. The first-order valence-corrected chi connectivity index (χ1v) is 8.09. The number of hydrogen-bond donors (Lipinski definition) is 2. The molecule has 2 aromatic rings. The summed E-state index contributed by atoms with van der Waals surface area (Å²) in [5.74, 6) is -1.25. The van der Waals surface area contributed by atoms with Crippen molar-refractivity contribution in [2.75, 3.05) is 6.54 Å². The van der Waals surface area contributed by atoms with Gasteiger partial charge in [0.15, 0.2) is 0 Å². The zero-order valence-electron chi connectivity index (χ0n) is 13.3. The molecule has 126 valence electrons. The number of carbonyl (C=O) groups is 2. The summed E-state index contributed by atoms with van der Waals surface area (Å²) in [6.45, 7) is 0.112. The van der Waals surface area contributed by atoms with Gasteiger partial charge in [0.05, 0.1) is 11.1 Å². The van der Waals surface area contributed by atoms with Crippen molar-refractivity contribution >= 4 is 11.9 Å². The van der Waals surface area contributed by atoms with Gasteiger partial charge in [-0.15, -0.1) is 5.10 Å². The lowest BCUT2D eigenvalue weighted by atomic mass is 9.74. The van der Waals surface area contributed by atoms with Gasteiger partial charge in [0, 0.05) is 6.54 Å². The molecular weight excluding hydrogens is 308 g/mol. The van der Waals surface area contributed by atoms with Crippen LogP contribution in [0.1, 0.15) is 42.7 Å². The van der Waals surface area contributed by atoms with E-state index >= 15 is 0 Å². The predicted molar refractivity (Wildman–Crippen MR) is 86.8 cm³/mol. The standard InChI is InChI=1S/C17H20N4O3/c22-15(18-11-17(16(23)24)9-5-2-6-10-17)14-19-12-21(20-14)13-7-3-1-4-8-13/h1,3-4,7-8,12H,2,5-6,9-11H2,(H,18,22)(H,23,24). The van der Waals surface area contributed by atoms with E-state index in [4.69, 9.17) is 0 Å². The van der Waals surface area contributed by atoms with Crippen LogP contribution in [0, 0.1) is 5.41 Å². The van der Waals surface area contributed by atoms with E-state index in [-0.39, 0.29) is 12.4 Å². The van der Waals surface area contributed by atoms with Gasteiger partial charge >= 0.3 is 5.97 Å². The Labute approximate surface area is 139 Å². The van der Waals surface area contributed by atoms with Crippen molar-refractivity contribution < 1.29 is 14.7 Å². The molecule has 1 aromatic heterocycles. The van der Waals surface area contributed by atoms with Crippen LogP contribution in [0.3, 0.4) is 0 Å². The zero-order valence-corrected chi connectivity index (χ0v) is 13.3. The van der Waals surface area contributed by atoms with Crippen molar-refractivity contribution in [2.45, 2.75) is 32.1 Å². The molecule has 1 aromatic carbocycles. The van der Waals surface area contributed by atoms with Crippen LogP contribution < -0.4 is 5.32 Å². The number of carbonyl (C=O) groups excluding carboxylic acids is 1. The van der Waals surface area contributed by atoms with Gasteiger partial charge in [-0.05, 0) is 25.0 Å². The number of amides is 1. The number of carboxylic acids is 1. The Morgan fingerprint density at radius 3 is 2.54 bits per heavy atom. The second kappa shape index (κ2) is 6.82. The molecule has 0 bridgehead atoms. The maximum Gasteiger partial charge on any atom is 0.311 e. The minimum atomic E-state index is -0.865. The van der Waals surface area contributed by atoms with Crippen LogP contribution in [0.4, 0.5) is 0 Å². The lowest BCUT2D eigenvalue weighted by molar-refractivity contribution is -0.150. The molecule has 24 heavy (non-hydrogen) atoms. The Hall–Kier alpha value is -2.70. The molecule has 0 spiro atoms. The van der Waals surface area contributed by atoms with Gasteiger partial charge in [0.25, 0.3) is 5.91 Å². The Kier molecular flexibility index (Phi) is 4.59. The number of aliphatic carboxylic acids is 1. The summed E-state index contributed by atoms with van der Waals surface area (Å²) in [5, 5.41) is 16.4. The van der Waals surface area contributed by atoms with Crippen molar-refractivity contribution in [1.82, 2.24) is 20.1 Å². The number of aromatic nitrogens is 3. The topological polar surface area (TPSA) is 97.1 Å². The van der Waals surface area contributed by atoms with Crippen molar-refractivity contribution in [3.63, 3.8) is 0 Å². The van der Waals surface area contributed by atoms with E-state index < -0.39 is 17.3 Å². The van der Waals surface area contributed by atoms with Crippen molar-refractivity contribution in [3.8, 4) is 5.69 Å². The largest absolute Gasteiger partial charge is 0.481 e. The van der Waals surface area contributed by atoms with E-state index in [0.717, 1.165) is 24.9 Å². The van der Waals surface area contributed by atoms with Gasteiger partial charge in [-0.25, -0.2) is 9.67 Å². The van der Waals surface area contributed by atoms with Gasteiger partial charge in [0.1, 0.15) is 6.33 Å². The second-order valence-electron chi connectivity index (χ2n) is 6.18. The predicted octanol–water partition coefficient (Wildman–Crippen LogP) is 2.03. The van der Waals surface area contributed by atoms with Crippen LogP contribution in [0.15, 0.2) is 36.7 Å². The number of rotatable bonds is 5. The summed E-state index contributed by atoms with van der Waals surface area (Å²) in [6, 6.07) is 9.35. The highest BCUT2D eigenvalue weighted by atomic mass is 16.4. The molecule has 1 aliphatic carbocycles. The first-order valence-electron chi connectivity index (χ1n) is 8.09. The minimum absolute atomic E-state index is 0.0372. The zero-order chi connectivity index (χ0) is 17.0. The fraction of sp³-hybridized carbons (Fsp3) is 0.412. The van der Waals surface area contributed by atoms with E-state index in [1.54, 1.807) is 0 Å². The summed E-state index contributed by atoms with van der Waals surface area (Å²) < 4.78 is 1.52. The van der Waals surface area contributed by atoms with E-state index in [1.165, 1.54) is 11.0 Å². The van der Waals surface area contributed by atoms with Crippen LogP contribution >= 0.6 is 0 Å². The van der Waals surface area contributed by atoms with E-state index in [1.807, 2.05) is 30.3 Å². The first-order chi connectivity index (χ1) is 11.6. The number of para-hydroxylation sites is 1. The minimum Gasteiger partial charge on any atom is -0.481 e. The van der Waals surface area contributed by atoms with Crippen LogP contribution in [-0.4, -0.2) is 38.3 Å². The second-order valence-corrected chi connectivity index (χ2v) is 6.18. The van der Waals surface area contributed by atoms with Crippen LogP contribution in [-0.2, 0) is 4.79 Å². The van der Waals surface area contributed by atoms with Crippen molar-refractivity contribution in [1.29, 1.82) is 0 Å². The van der Waals surface area contributed by atoms with Crippen LogP contribution in [0.5, 0.6) is 0 Å². The van der Waals surface area contributed by atoms with E-state index in [0.29, 0.717) is 12.8 Å². The number of hydrogen-bond acceptors (Lipinski definition) is 4. The number of benzene rings is 1. The molecular formula is C17H20N4O3. The molecule has 1 amide bonds. The highest BCUT2D eigenvalue weighted by Gasteiger charge is 2.40. The third-order valence-electron chi connectivity index (χ3n) is 4.57. The maximum atomic E-state index is 12.3. The molecule has 1 aliphatic rings. The molecule has 0 radical (unpaired) electrons. The number of nitrogens with zero attached hydrogens (tertiary/aromatic N) is 3. The molecule has 0 saturated heterocycles. The first kappa shape index (κ1) is 16.2. The fourth-order valence-electron chi connectivity index (χ4n) is 3.10. The summed E-state index contributed by atoms with van der Waals surface area (Å²) in [6.07, 6.45) is 5.46. The monoisotopic (exact) mass is 328 g/mol. The number of nitrogens with one attached hydrogen (secondary N) is 1. The molecule has 3 rings (SSSR count). The molecule has 1 fully saturated rings. The van der Waals surface area contributed by atoms with Crippen LogP contribution in [0.2, 0.25) is 0 Å². The SMILES string of the molecule is O=C(NCC1(C(=O)O)CCCCC1)c1ncn(-c2ccccc2)n1. The third-order valence-corrected chi connectivity index (χ3v) is 4.57. The van der Waals surface area contributed by atoms with Gasteiger partial charge in [0.2, 0.25) is 5.82 Å². The molecule has 0 atom stereocenters. The Bertz CT molecular complexity index is 720. The van der Waals surface area contributed by atoms with Crippen molar-refractivity contribution in [2.24, 2.45) is 5.41 Å². The van der Waals surface area contributed by atoms with Gasteiger partial charge in [-0.1, -0.05) is 37.5 Å². The summed E-state index contributed by atoms with van der Waals surface area (Å²) in [5.41, 5.74) is -0.0612. The van der Waals surface area contributed by atoms with E-state index in [2.05, 4.69) is 15.4 Å². The molecule has 7 heteroatoms. The maximum absolute atomic E-state index is 12.3. The molecule has 2 N–H and O–H groups in total. The highest BCUT2D eigenvalue weighted by molar-refractivity contribution is 5.90.